The summed E-state index contributed by atoms with van der Waals surface area (Å²) in [6.07, 6.45) is -6.41. The molecule has 1 aliphatic rings. The second-order valence-electron chi connectivity index (χ2n) is 5.77. The molecule has 5 N–H and O–H groups in total. The Morgan fingerprint density at radius 1 is 1.26 bits per heavy atom. The zero-order valence-corrected chi connectivity index (χ0v) is 15.2. The molecule has 1 aromatic carbocycles. The maximum atomic E-state index is 12.0. The Kier molecular flexibility index (Phi) is 7.49. The number of carbonyl (C=O) groups is 1. The SMILES string of the molecule is CO[C@H]1O[C@H](COS(N)(=O)=O)[C@@H](O)[C@H](O)[C@H]1NC(=O)OCc1ccccc1. The van der Waals surface area contributed by atoms with Gasteiger partial charge >= 0.3 is 16.4 Å². The monoisotopic (exact) mass is 406 g/mol. The minimum absolute atomic E-state index is 0.00136. The minimum Gasteiger partial charge on any atom is -0.445 e. The summed E-state index contributed by atoms with van der Waals surface area (Å²) in [4.78, 5) is 12.0. The highest BCUT2D eigenvalue weighted by Gasteiger charge is 2.46. The van der Waals surface area contributed by atoms with Crippen LogP contribution in [0, 0.1) is 0 Å². The molecule has 0 saturated carbocycles. The molecule has 1 aliphatic heterocycles. The molecule has 1 heterocycles. The van der Waals surface area contributed by atoms with E-state index < -0.39 is 53.6 Å². The molecule has 0 aromatic heterocycles. The summed E-state index contributed by atoms with van der Waals surface area (Å²) in [5.74, 6) is 0. The van der Waals surface area contributed by atoms with Crippen LogP contribution in [0.2, 0.25) is 0 Å². The molecule has 1 amide bonds. The maximum Gasteiger partial charge on any atom is 0.407 e. The third kappa shape index (κ3) is 6.39. The van der Waals surface area contributed by atoms with Gasteiger partial charge in [0.05, 0.1) is 6.61 Å². The molecule has 1 fully saturated rings. The first-order chi connectivity index (χ1) is 12.7. The van der Waals surface area contributed by atoms with Crippen molar-refractivity contribution in [3.8, 4) is 0 Å². The number of carbonyl (C=O) groups excluding carboxylic acids is 1. The molecule has 0 unspecified atom stereocenters. The largest absolute Gasteiger partial charge is 0.445 e. The van der Waals surface area contributed by atoms with E-state index in [9.17, 15) is 23.4 Å². The van der Waals surface area contributed by atoms with Crippen molar-refractivity contribution >= 4 is 16.4 Å². The van der Waals surface area contributed by atoms with Crippen LogP contribution in [-0.4, -0.2) is 69.1 Å². The number of methoxy groups -OCH3 is 1. The van der Waals surface area contributed by atoms with Crippen LogP contribution in [0.25, 0.3) is 0 Å². The highest BCUT2D eigenvalue weighted by Crippen LogP contribution is 2.22. The average Bonchev–Trinajstić information content (AvgIpc) is 2.63. The van der Waals surface area contributed by atoms with Crippen LogP contribution >= 0.6 is 0 Å². The summed E-state index contributed by atoms with van der Waals surface area (Å²) in [5, 5.41) is 27.4. The molecule has 152 valence electrons. The van der Waals surface area contributed by atoms with Gasteiger partial charge in [0.25, 0.3) is 0 Å². The Morgan fingerprint density at radius 3 is 2.52 bits per heavy atom. The Bertz CT molecular complexity index is 713. The molecule has 0 bridgehead atoms. The maximum absolute atomic E-state index is 12.0. The van der Waals surface area contributed by atoms with E-state index in [0.717, 1.165) is 5.56 Å². The van der Waals surface area contributed by atoms with Gasteiger partial charge in [-0.15, -0.1) is 0 Å². The van der Waals surface area contributed by atoms with Gasteiger partial charge in [0.2, 0.25) is 0 Å². The van der Waals surface area contributed by atoms with Gasteiger partial charge in [-0.3, -0.25) is 4.18 Å². The molecule has 27 heavy (non-hydrogen) atoms. The fourth-order valence-electron chi connectivity index (χ4n) is 2.49. The van der Waals surface area contributed by atoms with Crippen molar-refractivity contribution in [2.24, 2.45) is 5.14 Å². The number of alkyl carbamates (subject to hydrolysis) is 1. The zero-order chi connectivity index (χ0) is 20.0. The van der Waals surface area contributed by atoms with Crippen molar-refractivity contribution in [3.63, 3.8) is 0 Å². The van der Waals surface area contributed by atoms with E-state index in [1.165, 1.54) is 7.11 Å². The zero-order valence-electron chi connectivity index (χ0n) is 14.4. The van der Waals surface area contributed by atoms with Gasteiger partial charge in [-0.2, -0.15) is 8.42 Å². The number of amides is 1. The van der Waals surface area contributed by atoms with Crippen molar-refractivity contribution in [1.82, 2.24) is 5.32 Å². The first-order valence-corrected chi connectivity index (χ1v) is 9.37. The van der Waals surface area contributed by atoms with E-state index in [2.05, 4.69) is 9.50 Å². The second-order valence-corrected chi connectivity index (χ2v) is 6.99. The average molecular weight is 406 g/mol. The number of ether oxygens (including phenoxy) is 3. The molecule has 0 spiro atoms. The summed E-state index contributed by atoms with van der Waals surface area (Å²) in [6.45, 7) is -0.635. The van der Waals surface area contributed by atoms with E-state index in [0.29, 0.717) is 0 Å². The summed E-state index contributed by atoms with van der Waals surface area (Å²) >= 11 is 0. The van der Waals surface area contributed by atoms with Crippen LogP contribution < -0.4 is 10.5 Å². The molecule has 0 aliphatic carbocycles. The molecular formula is C15H22N2O9S. The van der Waals surface area contributed by atoms with Crippen LogP contribution in [0.15, 0.2) is 30.3 Å². The number of nitrogens with two attached hydrogens (primary N) is 1. The molecule has 1 saturated heterocycles. The van der Waals surface area contributed by atoms with Crippen LogP contribution in [0.3, 0.4) is 0 Å². The van der Waals surface area contributed by atoms with E-state index >= 15 is 0 Å². The highest BCUT2D eigenvalue weighted by molar-refractivity contribution is 7.84. The number of aliphatic hydroxyl groups excluding tert-OH is 2. The minimum atomic E-state index is -4.26. The Balaban J connectivity index is 1.94. The van der Waals surface area contributed by atoms with Gasteiger partial charge in [-0.1, -0.05) is 30.3 Å². The normalized spacial score (nSPS) is 28.5. The fraction of sp³-hybridized carbons (Fsp3) is 0.533. The van der Waals surface area contributed by atoms with Gasteiger partial charge in [0.1, 0.15) is 31.0 Å². The van der Waals surface area contributed by atoms with E-state index in [-0.39, 0.29) is 6.61 Å². The lowest BCUT2D eigenvalue weighted by Crippen LogP contribution is -2.64. The number of hydrogen-bond acceptors (Lipinski definition) is 9. The molecule has 5 atom stereocenters. The Labute approximate surface area is 156 Å². The summed E-state index contributed by atoms with van der Waals surface area (Å²) in [6, 6.07) is 7.76. The number of benzene rings is 1. The predicted octanol–water partition coefficient (Wildman–Crippen LogP) is -1.41. The first kappa shape index (κ1) is 21.5. The quantitative estimate of drug-likeness (QED) is 0.425. The second kappa shape index (κ2) is 9.41. The lowest BCUT2D eigenvalue weighted by Gasteiger charge is -2.41. The molecule has 0 radical (unpaired) electrons. The van der Waals surface area contributed by atoms with Crippen molar-refractivity contribution in [3.05, 3.63) is 35.9 Å². The molecule has 11 nitrogen and oxygen atoms in total. The smallest absolute Gasteiger partial charge is 0.407 e. The third-order valence-electron chi connectivity index (χ3n) is 3.83. The van der Waals surface area contributed by atoms with Crippen LogP contribution in [0.5, 0.6) is 0 Å². The van der Waals surface area contributed by atoms with E-state index in [4.69, 9.17) is 19.3 Å². The lowest BCUT2D eigenvalue weighted by molar-refractivity contribution is -0.260. The number of nitrogens with one attached hydrogen (secondary N) is 1. The van der Waals surface area contributed by atoms with Gasteiger partial charge in [-0.05, 0) is 5.56 Å². The van der Waals surface area contributed by atoms with Crippen LogP contribution in [-0.2, 0) is 35.3 Å². The van der Waals surface area contributed by atoms with Crippen LogP contribution in [0.1, 0.15) is 5.56 Å². The fourth-order valence-corrected chi connectivity index (χ4v) is 2.81. The van der Waals surface area contributed by atoms with Gasteiger partial charge in [0, 0.05) is 7.11 Å². The van der Waals surface area contributed by atoms with Crippen molar-refractivity contribution in [2.45, 2.75) is 37.3 Å². The highest BCUT2D eigenvalue weighted by atomic mass is 32.2. The predicted molar refractivity (Wildman–Crippen MR) is 90.3 cm³/mol. The number of aliphatic hydroxyl groups is 2. The topological polar surface area (TPSA) is 167 Å². The van der Waals surface area contributed by atoms with E-state index in [1.807, 2.05) is 6.07 Å². The van der Waals surface area contributed by atoms with Gasteiger partial charge < -0.3 is 29.7 Å². The molecule has 12 heteroatoms. The van der Waals surface area contributed by atoms with Gasteiger partial charge in [0.15, 0.2) is 6.29 Å². The number of hydrogen-bond donors (Lipinski definition) is 4. The van der Waals surface area contributed by atoms with Crippen LogP contribution in [0.4, 0.5) is 4.79 Å². The van der Waals surface area contributed by atoms with E-state index in [1.54, 1.807) is 24.3 Å². The van der Waals surface area contributed by atoms with Crippen molar-refractivity contribution < 1.29 is 41.8 Å². The summed E-state index contributed by atoms with van der Waals surface area (Å²) < 4.78 is 41.5. The lowest BCUT2D eigenvalue weighted by atomic mass is 9.97. The number of rotatable bonds is 7. The summed E-state index contributed by atoms with van der Waals surface area (Å²) in [5.41, 5.74) is 0.761. The first-order valence-electron chi connectivity index (χ1n) is 7.90. The molecule has 1 aromatic rings. The van der Waals surface area contributed by atoms with Crippen molar-refractivity contribution in [1.29, 1.82) is 0 Å². The Morgan fingerprint density at radius 2 is 1.93 bits per heavy atom. The summed E-state index contributed by atoms with van der Waals surface area (Å²) in [7, 11) is -3.01. The molecule has 2 rings (SSSR count). The van der Waals surface area contributed by atoms with Crippen molar-refractivity contribution in [2.75, 3.05) is 13.7 Å². The molecular weight excluding hydrogens is 384 g/mol. The van der Waals surface area contributed by atoms with Gasteiger partial charge in [-0.25, -0.2) is 9.93 Å². The Hall–Kier alpha value is -1.80. The third-order valence-corrected chi connectivity index (χ3v) is 4.29. The standard InChI is InChI=1S/C15H22N2O9S/c1-23-14-11(17-15(20)24-7-9-5-3-2-4-6-9)13(19)12(18)10(26-14)8-25-27(16,21)22/h2-6,10-14,18-19H,7-8H2,1H3,(H,17,20)(H2,16,21,22)/t10-,11-,12-,13-,14+/m1/s1.